The van der Waals surface area contributed by atoms with Gasteiger partial charge >= 0.3 is 6.03 Å². The lowest BCUT2D eigenvalue weighted by Gasteiger charge is -2.22. The minimum atomic E-state index is -4.26. The Balaban J connectivity index is 1.83. The number of nitrogens with one attached hydrogen (secondary N) is 3. The molecular weight excluding hydrogens is 394 g/mol. The summed E-state index contributed by atoms with van der Waals surface area (Å²) in [5.41, 5.74) is 0.994. The largest absolute Gasteiger partial charge is 0.611 e. The number of methoxy groups -OCH3 is 1. The molecule has 3 N–H and O–H groups in total. The van der Waals surface area contributed by atoms with E-state index in [9.17, 15) is 17.8 Å². The standard InChI is InChI=1S/C15H17N5O5S2/c1-9-8-12(25-2)18-14(17-9)19-15(21)20-27(23,24)11-5-3-4-10-13(11)26(22)7-6-16-10/h3-5,8,16H,6-7H2,1-2H3,(H2,17,18,19,20,21). The van der Waals surface area contributed by atoms with Crippen LogP contribution in [-0.4, -0.2) is 48.4 Å². The first kappa shape index (κ1) is 19.2. The second-order valence-corrected chi connectivity index (χ2v) is 8.70. The number of ether oxygens (including phenoxy) is 1. The van der Waals surface area contributed by atoms with E-state index < -0.39 is 27.2 Å². The fourth-order valence-corrected chi connectivity index (χ4v) is 5.28. The number of nitrogens with zero attached hydrogens (tertiary/aromatic N) is 2. The first-order chi connectivity index (χ1) is 12.8. The number of benzene rings is 1. The zero-order valence-electron chi connectivity index (χ0n) is 14.5. The summed E-state index contributed by atoms with van der Waals surface area (Å²) in [6.07, 6.45) is 0. The van der Waals surface area contributed by atoms with Crippen LogP contribution in [0.15, 0.2) is 34.1 Å². The topological polar surface area (TPSA) is 145 Å². The van der Waals surface area contributed by atoms with Gasteiger partial charge in [-0.15, -0.1) is 0 Å². The van der Waals surface area contributed by atoms with Gasteiger partial charge in [-0.2, -0.15) is 4.98 Å². The van der Waals surface area contributed by atoms with E-state index >= 15 is 0 Å². The molecule has 1 aromatic carbocycles. The lowest BCUT2D eigenvalue weighted by Crippen LogP contribution is -2.36. The molecule has 144 valence electrons. The predicted octanol–water partition coefficient (Wildman–Crippen LogP) is 0.837. The minimum absolute atomic E-state index is 0.111. The normalized spacial score (nSPS) is 16.0. The van der Waals surface area contributed by atoms with Crippen LogP contribution in [0, 0.1) is 6.92 Å². The van der Waals surface area contributed by atoms with Gasteiger partial charge in [0.25, 0.3) is 10.0 Å². The zero-order chi connectivity index (χ0) is 19.6. The lowest BCUT2D eigenvalue weighted by atomic mass is 10.3. The Morgan fingerprint density at radius 1 is 1.37 bits per heavy atom. The molecule has 3 rings (SSSR count). The molecule has 27 heavy (non-hydrogen) atoms. The van der Waals surface area contributed by atoms with Gasteiger partial charge in [0.05, 0.1) is 19.3 Å². The number of anilines is 2. The van der Waals surface area contributed by atoms with Gasteiger partial charge in [-0.05, 0) is 30.2 Å². The van der Waals surface area contributed by atoms with Crippen molar-refractivity contribution in [3.8, 4) is 5.88 Å². The van der Waals surface area contributed by atoms with Crippen molar-refractivity contribution in [2.24, 2.45) is 0 Å². The molecule has 1 aliphatic heterocycles. The molecule has 1 unspecified atom stereocenters. The predicted molar refractivity (Wildman–Crippen MR) is 98.9 cm³/mol. The van der Waals surface area contributed by atoms with Crippen LogP contribution in [-0.2, 0) is 21.2 Å². The number of carbonyl (C=O) groups is 1. The number of sulfonamides is 1. The van der Waals surface area contributed by atoms with Gasteiger partial charge in [0, 0.05) is 11.8 Å². The van der Waals surface area contributed by atoms with Crippen LogP contribution in [0.25, 0.3) is 0 Å². The number of aryl methyl sites for hydroxylation is 1. The molecule has 0 bridgehead atoms. The number of rotatable bonds is 4. The van der Waals surface area contributed by atoms with Crippen molar-refractivity contribution in [2.75, 3.05) is 30.0 Å². The van der Waals surface area contributed by atoms with Crippen molar-refractivity contribution in [1.29, 1.82) is 0 Å². The lowest BCUT2D eigenvalue weighted by molar-refractivity contribution is 0.256. The van der Waals surface area contributed by atoms with E-state index in [4.69, 9.17) is 4.74 Å². The summed E-state index contributed by atoms with van der Waals surface area (Å²) >= 11 is -1.49. The first-order valence-corrected chi connectivity index (χ1v) is 10.6. The van der Waals surface area contributed by atoms with Crippen LogP contribution >= 0.6 is 0 Å². The van der Waals surface area contributed by atoms with Gasteiger partial charge in [-0.25, -0.2) is 22.9 Å². The molecule has 0 saturated heterocycles. The number of urea groups is 1. The van der Waals surface area contributed by atoms with Gasteiger partial charge in [-0.3, -0.25) is 5.32 Å². The third kappa shape index (κ3) is 4.23. The van der Waals surface area contributed by atoms with E-state index in [0.29, 0.717) is 17.9 Å². The third-order valence-corrected chi connectivity index (χ3v) is 6.56. The molecule has 0 aliphatic carbocycles. The Morgan fingerprint density at radius 2 is 2.15 bits per heavy atom. The van der Waals surface area contributed by atoms with Crippen molar-refractivity contribution in [2.45, 2.75) is 16.7 Å². The van der Waals surface area contributed by atoms with Crippen molar-refractivity contribution in [3.63, 3.8) is 0 Å². The molecule has 2 aromatic rings. The number of fused-ring (bicyclic) bond motifs is 1. The van der Waals surface area contributed by atoms with Crippen molar-refractivity contribution in [3.05, 3.63) is 30.0 Å². The number of hydrogen-bond acceptors (Lipinski definition) is 8. The Labute approximate surface area is 159 Å². The molecular formula is C15H17N5O5S2. The quantitative estimate of drug-likeness (QED) is 0.628. The second-order valence-electron chi connectivity index (χ2n) is 5.54. The monoisotopic (exact) mass is 411 g/mol. The summed E-state index contributed by atoms with van der Waals surface area (Å²) in [7, 11) is -2.86. The zero-order valence-corrected chi connectivity index (χ0v) is 16.1. The molecule has 12 heteroatoms. The summed E-state index contributed by atoms with van der Waals surface area (Å²) < 4.78 is 44.4. The maximum atomic E-state index is 12.6. The number of amides is 2. The van der Waals surface area contributed by atoms with Gasteiger partial charge in [0.2, 0.25) is 11.8 Å². The van der Waals surface area contributed by atoms with Crippen molar-refractivity contribution in [1.82, 2.24) is 14.7 Å². The van der Waals surface area contributed by atoms with E-state index in [1.807, 2.05) is 4.72 Å². The summed E-state index contributed by atoms with van der Waals surface area (Å²) in [6, 6.07) is 4.95. The number of carbonyl (C=O) groups excluding carboxylic acids is 1. The summed E-state index contributed by atoms with van der Waals surface area (Å²) in [5, 5.41) is 5.25. The Kier molecular flexibility index (Phi) is 5.39. The van der Waals surface area contributed by atoms with Crippen molar-refractivity contribution >= 4 is 38.9 Å². The van der Waals surface area contributed by atoms with Gasteiger partial charge in [-0.1, -0.05) is 6.07 Å². The molecule has 0 fully saturated rings. The highest BCUT2D eigenvalue weighted by Gasteiger charge is 2.32. The Bertz CT molecular complexity index is 983. The molecule has 0 radical (unpaired) electrons. The van der Waals surface area contributed by atoms with Crippen LogP contribution in [0.5, 0.6) is 5.88 Å². The van der Waals surface area contributed by atoms with E-state index in [-0.39, 0.29) is 27.4 Å². The fourth-order valence-electron chi connectivity index (χ4n) is 2.49. The summed E-state index contributed by atoms with van der Waals surface area (Å²) in [6.45, 7) is 2.14. The van der Waals surface area contributed by atoms with Crippen LogP contribution in [0.4, 0.5) is 16.4 Å². The second kappa shape index (κ2) is 7.58. The van der Waals surface area contributed by atoms with E-state index in [1.54, 1.807) is 19.1 Å². The number of hydrogen-bond donors (Lipinski definition) is 3. The Hall–Kier alpha value is -2.57. The van der Waals surface area contributed by atoms with Crippen LogP contribution in [0.2, 0.25) is 0 Å². The minimum Gasteiger partial charge on any atom is -0.611 e. The maximum Gasteiger partial charge on any atom is 0.335 e. The van der Waals surface area contributed by atoms with E-state index in [0.717, 1.165) is 0 Å². The SMILES string of the molecule is COc1cc(C)nc(NC(=O)NS(=O)(=O)c2cccc3c2[S+]([O-])CCN3)n1. The highest BCUT2D eigenvalue weighted by Crippen LogP contribution is 2.32. The van der Waals surface area contributed by atoms with Crippen molar-refractivity contribution < 1.29 is 22.5 Å². The molecule has 10 nitrogen and oxygen atoms in total. The summed E-state index contributed by atoms with van der Waals surface area (Å²) in [4.78, 5) is 20.0. The van der Waals surface area contributed by atoms with Crippen LogP contribution in [0.1, 0.15) is 5.69 Å². The fraction of sp³-hybridized carbons (Fsp3) is 0.267. The number of aromatic nitrogens is 2. The maximum absolute atomic E-state index is 12.6. The smallest absolute Gasteiger partial charge is 0.335 e. The van der Waals surface area contributed by atoms with Gasteiger partial charge in [0.15, 0.2) is 4.90 Å². The average Bonchev–Trinajstić information content (AvgIpc) is 2.60. The average molecular weight is 411 g/mol. The first-order valence-electron chi connectivity index (χ1n) is 7.79. The van der Waals surface area contributed by atoms with Gasteiger partial charge < -0.3 is 14.6 Å². The Morgan fingerprint density at radius 3 is 2.89 bits per heavy atom. The molecule has 0 spiro atoms. The molecule has 1 atom stereocenters. The van der Waals surface area contributed by atoms with Crippen LogP contribution in [0.3, 0.4) is 0 Å². The van der Waals surface area contributed by atoms with Gasteiger partial charge in [0.1, 0.15) is 10.6 Å². The molecule has 0 saturated carbocycles. The van der Waals surface area contributed by atoms with E-state index in [1.165, 1.54) is 19.2 Å². The molecule has 2 heterocycles. The van der Waals surface area contributed by atoms with E-state index in [2.05, 4.69) is 20.6 Å². The molecule has 1 aromatic heterocycles. The molecule has 2 amide bonds. The van der Waals surface area contributed by atoms with Crippen LogP contribution < -0.4 is 20.1 Å². The highest BCUT2D eigenvalue weighted by atomic mass is 32.2. The third-order valence-electron chi connectivity index (χ3n) is 3.59. The highest BCUT2D eigenvalue weighted by molar-refractivity contribution is 7.94. The summed E-state index contributed by atoms with van der Waals surface area (Å²) in [5.74, 6) is 0.391. The molecule has 1 aliphatic rings.